The van der Waals surface area contributed by atoms with Crippen LogP contribution in [0.25, 0.3) is 0 Å². The Kier molecular flexibility index (Phi) is 8.91. The minimum absolute atomic E-state index is 0.199. The summed E-state index contributed by atoms with van der Waals surface area (Å²) in [4.78, 5) is 18.6. The summed E-state index contributed by atoms with van der Waals surface area (Å²) in [6.07, 6.45) is 0. The van der Waals surface area contributed by atoms with Crippen LogP contribution < -0.4 is 30.7 Å². The van der Waals surface area contributed by atoms with E-state index in [-0.39, 0.29) is 10.8 Å². The van der Waals surface area contributed by atoms with Gasteiger partial charge in [-0.05, 0) is 95.5 Å². The van der Waals surface area contributed by atoms with Gasteiger partial charge in [0.2, 0.25) is 0 Å². The summed E-state index contributed by atoms with van der Waals surface area (Å²) in [6, 6.07) is 22.8. The summed E-state index contributed by atoms with van der Waals surface area (Å²) in [6.45, 7) is 16.7. The van der Waals surface area contributed by atoms with Crippen LogP contribution in [0.5, 0.6) is 11.5 Å². The molecule has 0 bridgehead atoms. The van der Waals surface area contributed by atoms with Crippen LogP contribution in [0, 0.1) is 13.8 Å². The summed E-state index contributed by atoms with van der Waals surface area (Å²) >= 11 is 0. The second kappa shape index (κ2) is 12.2. The molecule has 0 aliphatic rings. The Morgan fingerprint density at radius 1 is 0.568 bits per heavy atom. The number of anilines is 6. The molecule has 0 aliphatic heterocycles. The molecular formula is C37H46N4O3. The number of carbonyl (C=O) groups is 1. The minimum Gasteiger partial charge on any atom is -0.495 e. The number of hydrogen-bond acceptors (Lipinski definition) is 5. The van der Waals surface area contributed by atoms with Crippen molar-refractivity contribution in [2.45, 2.75) is 66.2 Å². The Morgan fingerprint density at radius 3 is 1.25 bits per heavy atom. The quantitative estimate of drug-likeness (QED) is 0.217. The second-order valence-corrected chi connectivity index (χ2v) is 13.4. The fourth-order valence-corrected chi connectivity index (χ4v) is 5.19. The van der Waals surface area contributed by atoms with Gasteiger partial charge in [-0.25, -0.2) is 4.79 Å². The molecule has 4 N–H and O–H groups in total. The third kappa shape index (κ3) is 6.47. The second-order valence-electron chi connectivity index (χ2n) is 13.4. The highest BCUT2D eigenvalue weighted by atomic mass is 16.5. The van der Waals surface area contributed by atoms with E-state index in [2.05, 4.69) is 41.5 Å². The molecule has 2 amide bonds. The van der Waals surface area contributed by atoms with Gasteiger partial charge in [0.15, 0.2) is 0 Å². The first-order valence-corrected chi connectivity index (χ1v) is 14.8. The molecule has 0 saturated carbocycles. The predicted octanol–water partition coefficient (Wildman–Crippen LogP) is 9.18. The number of ether oxygens (including phenoxy) is 2. The number of nitrogens with zero attached hydrogens (tertiary/aromatic N) is 2. The number of carbonyl (C=O) groups excluding carboxylic acids is 1. The average molecular weight is 595 g/mol. The van der Waals surface area contributed by atoms with Crippen molar-refractivity contribution < 1.29 is 14.3 Å². The first-order chi connectivity index (χ1) is 20.6. The fraction of sp³-hybridized carbons (Fsp3) is 0.324. The van der Waals surface area contributed by atoms with Gasteiger partial charge in [0, 0.05) is 0 Å². The number of rotatable bonds is 6. The van der Waals surface area contributed by atoms with Crippen molar-refractivity contribution in [2.75, 3.05) is 35.5 Å². The highest BCUT2D eigenvalue weighted by Gasteiger charge is 2.34. The van der Waals surface area contributed by atoms with E-state index in [1.165, 1.54) is 0 Å². The molecule has 4 aromatic rings. The van der Waals surface area contributed by atoms with E-state index in [1.807, 2.05) is 86.6 Å². The van der Waals surface area contributed by atoms with Gasteiger partial charge >= 0.3 is 6.03 Å². The van der Waals surface area contributed by atoms with Crippen LogP contribution in [-0.2, 0) is 10.8 Å². The Hall–Kier alpha value is -4.65. The molecule has 0 unspecified atom stereocenters. The van der Waals surface area contributed by atoms with Crippen LogP contribution in [0.1, 0.15) is 63.8 Å². The van der Waals surface area contributed by atoms with Crippen molar-refractivity contribution in [2.24, 2.45) is 0 Å². The minimum atomic E-state index is -0.398. The highest BCUT2D eigenvalue weighted by molar-refractivity contribution is 6.16. The Morgan fingerprint density at radius 2 is 0.932 bits per heavy atom. The molecule has 7 nitrogen and oxygen atoms in total. The van der Waals surface area contributed by atoms with Gasteiger partial charge in [-0.1, -0.05) is 65.8 Å². The number of methoxy groups -OCH3 is 2. The molecule has 0 aliphatic carbocycles. The summed E-state index contributed by atoms with van der Waals surface area (Å²) in [5.74, 6) is 1.06. The molecule has 0 heterocycles. The molecule has 0 fully saturated rings. The Labute approximate surface area is 262 Å². The zero-order valence-corrected chi connectivity index (χ0v) is 27.7. The molecule has 0 saturated heterocycles. The van der Waals surface area contributed by atoms with E-state index in [9.17, 15) is 0 Å². The first kappa shape index (κ1) is 32.3. The van der Waals surface area contributed by atoms with Crippen LogP contribution in [0.3, 0.4) is 0 Å². The molecule has 44 heavy (non-hydrogen) atoms. The number of nitrogen functional groups attached to an aromatic ring is 2. The normalized spacial score (nSPS) is 11.7. The topological polar surface area (TPSA) is 94.0 Å². The van der Waals surface area contributed by atoms with Crippen molar-refractivity contribution in [1.29, 1.82) is 0 Å². The van der Waals surface area contributed by atoms with Crippen molar-refractivity contribution in [1.82, 2.24) is 0 Å². The zero-order chi connectivity index (χ0) is 32.6. The lowest BCUT2D eigenvalue weighted by molar-refractivity contribution is 0.255. The van der Waals surface area contributed by atoms with Crippen LogP contribution >= 0.6 is 0 Å². The van der Waals surface area contributed by atoms with Crippen LogP contribution in [-0.4, -0.2) is 20.3 Å². The van der Waals surface area contributed by atoms with Gasteiger partial charge in [0.1, 0.15) is 11.5 Å². The molecule has 0 spiro atoms. The predicted molar refractivity (Wildman–Crippen MR) is 184 cm³/mol. The van der Waals surface area contributed by atoms with E-state index in [4.69, 9.17) is 20.9 Å². The smallest absolute Gasteiger partial charge is 0.338 e. The maximum atomic E-state index is 15.4. The molecule has 4 aromatic carbocycles. The summed E-state index contributed by atoms with van der Waals surface area (Å²) in [5, 5.41) is 0. The van der Waals surface area contributed by atoms with Gasteiger partial charge < -0.3 is 20.9 Å². The number of aryl methyl sites for hydroxylation is 2. The van der Waals surface area contributed by atoms with Crippen molar-refractivity contribution in [3.8, 4) is 11.5 Å². The average Bonchev–Trinajstić information content (AvgIpc) is 2.94. The largest absolute Gasteiger partial charge is 0.495 e. The summed E-state index contributed by atoms with van der Waals surface area (Å²) in [5.41, 5.74) is 19.9. The van der Waals surface area contributed by atoms with E-state index in [0.717, 1.165) is 22.3 Å². The lowest BCUT2D eigenvalue weighted by Gasteiger charge is -2.35. The van der Waals surface area contributed by atoms with Gasteiger partial charge in [-0.3, -0.25) is 9.80 Å². The van der Waals surface area contributed by atoms with Crippen LogP contribution in [0.15, 0.2) is 72.8 Å². The van der Waals surface area contributed by atoms with E-state index >= 15 is 4.79 Å². The number of hydrogen-bond donors (Lipinski definition) is 2. The maximum absolute atomic E-state index is 15.4. The lowest BCUT2D eigenvalue weighted by Crippen LogP contribution is -2.39. The first-order valence-electron chi connectivity index (χ1n) is 14.8. The molecule has 232 valence electrons. The third-order valence-corrected chi connectivity index (χ3v) is 7.80. The number of amides is 2. The third-order valence-electron chi connectivity index (χ3n) is 7.80. The maximum Gasteiger partial charge on any atom is 0.338 e. The van der Waals surface area contributed by atoms with E-state index < -0.39 is 6.03 Å². The molecule has 7 heteroatoms. The monoisotopic (exact) mass is 594 g/mol. The van der Waals surface area contributed by atoms with Gasteiger partial charge in [0.25, 0.3) is 0 Å². The number of urea groups is 1. The van der Waals surface area contributed by atoms with E-state index in [1.54, 1.807) is 24.0 Å². The lowest BCUT2D eigenvalue weighted by atomic mass is 9.86. The SMILES string of the molecule is COc1ccc(C(C)(C)C)cc1N(C(=O)N(c1ccc(C)cc1N)c1ccc(C)cc1N)c1cc(C(C)(C)C)ccc1OC. The number of benzene rings is 4. The van der Waals surface area contributed by atoms with Crippen molar-refractivity contribution in [3.63, 3.8) is 0 Å². The molecule has 4 rings (SSSR count). The highest BCUT2D eigenvalue weighted by Crippen LogP contribution is 2.46. The van der Waals surface area contributed by atoms with Crippen molar-refractivity contribution >= 4 is 40.2 Å². The molecule has 0 atom stereocenters. The molecular weight excluding hydrogens is 548 g/mol. The van der Waals surface area contributed by atoms with Gasteiger partial charge in [-0.15, -0.1) is 0 Å². The van der Waals surface area contributed by atoms with Crippen molar-refractivity contribution in [3.05, 3.63) is 95.1 Å². The molecule has 0 radical (unpaired) electrons. The standard InChI is InChI=1S/C37H46N4O3/c1-23-11-15-29(27(38)19-23)40(30-16-12-24(2)20-28(30)39)35(42)41(31-21-25(36(3,4)5)13-17-33(31)43-9)32-22-26(37(6,7)8)14-18-34(32)44-10/h11-22H,38-39H2,1-10H3. The Bertz CT molecular complexity index is 1560. The summed E-state index contributed by atoms with van der Waals surface area (Å²) in [7, 11) is 3.21. The van der Waals surface area contributed by atoms with E-state index in [0.29, 0.717) is 45.6 Å². The fourth-order valence-electron chi connectivity index (χ4n) is 5.19. The van der Waals surface area contributed by atoms with Gasteiger partial charge in [0.05, 0.1) is 48.3 Å². The summed E-state index contributed by atoms with van der Waals surface area (Å²) < 4.78 is 11.8. The number of nitrogens with two attached hydrogens (primary N) is 2. The van der Waals surface area contributed by atoms with Crippen LogP contribution in [0.2, 0.25) is 0 Å². The van der Waals surface area contributed by atoms with Crippen LogP contribution in [0.4, 0.5) is 38.9 Å². The zero-order valence-electron chi connectivity index (χ0n) is 27.7. The van der Waals surface area contributed by atoms with Gasteiger partial charge in [-0.2, -0.15) is 0 Å². The molecule has 0 aromatic heterocycles. The Balaban J connectivity index is 2.13.